The molecule has 0 radical (unpaired) electrons. The van der Waals surface area contributed by atoms with E-state index in [1.165, 1.54) is 5.56 Å². The van der Waals surface area contributed by atoms with Crippen molar-refractivity contribution in [3.63, 3.8) is 0 Å². The van der Waals surface area contributed by atoms with Gasteiger partial charge in [0.25, 0.3) is 0 Å². The van der Waals surface area contributed by atoms with Gasteiger partial charge in [0, 0.05) is 17.1 Å². The highest BCUT2D eigenvalue weighted by atomic mass is 79.9. The van der Waals surface area contributed by atoms with E-state index < -0.39 is 0 Å². The topological polar surface area (TPSA) is 45.0 Å². The van der Waals surface area contributed by atoms with Crippen LogP contribution in [0.1, 0.15) is 46.1 Å². The van der Waals surface area contributed by atoms with Crippen molar-refractivity contribution in [2.24, 2.45) is 5.41 Å². The first-order valence-corrected chi connectivity index (χ1v) is 8.19. The number of hydrogen-bond acceptors (Lipinski definition) is 3. The predicted molar refractivity (Wildman–Crippen MR) is 90.2 cm³/mol. The van der Waals surface area contributed by atoms with Crippen LogP contribution < -0.4 is 10.1 Å². The lowest BCUT2D eigenvalue weighted by molar-refractivity contribution is 0.284. The van der Waals surface area contributed by atoms with Gasteiger partial charge in [-0.25, -0.2) is 0 Å². The Kier molecular flexibility index (Phi) is 7.21. The monoisotopic (exact) mass is 352 g/mol. The Hall–Kier alpha value is -1.05. The van der Waals surface area contributed by atoms with E-state index in [4.69, 9.17) is 10.00 Å². The first kappa shape index (κ1) is 18.0. The Morgan fingerprint density at radius 3 is 2.71 bits per heavy atom. The number of nitrogens with zero attached hydrogens (tertiary/aromatic N) is 1. The van der Waals surface area contributed by atoms with Gasteiger partial charge in [0.2, 0.25) is 0 Å². The van der Waals surface area contributed by atoms with Gasteiger partial charge in [0.1, 0.15) is 5.75 Å². The van der Waals surface area contributed by atoms with E-state index in [0.717, 1.165) is 29.6 Å². The van der Waals surface area contributed by atoms with Crippen LogP contribution in [0.5, 0.6) is 5.75 Å². The van der Waals surface area contributed by atoms with E-state index in [1.54, 1.807) is 0 Å². The molecular formula is C17H25BrN2O. The van der Waals surface area contributed by atoms with E-state index in [0.29, 0.717) is 12.6 Å². The van der Waals surface area contributed by atoms with Crippen LogP contribution in [0.3, 0.4) is 0 Å². The maximum atomic E-state index is 8.98. The molecule has 116 valence electrons. The average Bonchev–Trinajstić information content (AvgIpc) is 2.43. The molecule has 0 aliphatic rings. The molecule has 0 atom stereocenters. The van der Waals surface area contributed by atoms with Crippen molar-refractivity contribution in [2.75, 3.05) is 6.61 Å². The number of hydrogen-bond donors (Lipinski definition) is 1. The van der Waals surface area contributed by atoms with Crippen LogP contribution in [0.2, 0.25) is 0 Å². The molecule has 1 aromatic carbocycles. The first-order valence-electron chi connectivity index (χ1n) is 7.40. The number of nitrogens with one attached hydrogen (secondary N) is 1. The third-order valence-electron chi connectivity index (χ3n) is 3.24. The van der Waals surface area contributed by atoms with Crippen molar-refractivity contribution < 1.29 is 4.74 Å². The molecule has 0 unspecified atom stereocenters. The second-order valence-corrected chi connectivity index (χ2v) is 7.09. The molecule has 0 aliphatic heterocycles. The van der Waals surface area contributed by atoms with Gasteiger partial charge in [0.05, 0.1) is 18.1 Å². The van der Waals surface area contributed by atoms with Gasteiger partial charge in [-0.1, -0.05) is 29.8 Å². The normalized spacial score (nSPS) is 11.5. The zero-order valence-corrected chi connectivity index (χ0v) is 15.0. The highest BCUT2D eigenvalue weighted by molar-refractivity contribution is 9.10. The number of rotatable bonds is 8. The molecule has 0 amide bonds. The molecule has 0 aliphatic carbocycles. The minimum Gasteiger partial charge on any atom is -0.494 e. The lowest BCUT2D eigenvalue weighted by Crippen LogP contribution is -2.22. The summed E-state index contributed by atoms with van der Waals surface area (Å²) in [5.74, 6) is 0.883. The summed E-state index contributed by atoms with van der Waals surface area (Å²) in [4.78, 5) is 0. The van der Waals surface area contributed by atoms with E-state index in [-0.39, 0.29) is 5.41 Å². The zero-order valence-electron chi connectivity index (χ0n) is 13.4. The largest absolute Gasteiger partial charge is 0.494 e. The van der Waals surface area contributed by atoms with Crippen molar-refractivity contribution >= 4 is 15.9 Å². The van der Waals surface area contributed by atoms with E-state index in [9.17, 15) is 0 Å². The smallest absolute Gasteiger partial charge is 0.119 e. The summed E-state index contributed by atoms with van der Waals surface area (Å²) < 4.78 is 6.88. The number of halogens is 1. The molecule has 0 bridgehead atoms. The SMILES string of the molecule is CC(C)NCc1cc(OCCCC(C)(C)C#N)ccc1Br. The molecule has 0 fully saturated rings. The standard InChI is InChI=1S/C17H25BrN2O/c1-13(2)20-11-14-10-15(6-7-16(14)18)21-9-5-8-17(3,4)12-19/h6-7,10,13,20H,5,8-9,11H2,1-4H3. The van der Waals surface area contributed by atoms with Crippen molar-refractivity contribution in [3.05, 3.63) is 28.2 Å². The third-order valence-corrected chi connectivity index (χ3v) is 4.01. The summed E-state index contributed by atoms with van der Waals surface area (Å²) in [6, 6.07) is 8.82. The van der Waals surface area contributed by atoms with Crippen LogP contribution in [-0.4, -0.2) is 12.6 Å². The highest BCUT2D eigenvalue weighted by Gasteiger charge is 2.15. The Bertz CT molecular complexity index is 492. The molecule has 0 spiro atoms. The molecule has 1 rings (SSSR count). The molecule has 0 saturated carbocycles. The number of ether oxygens (including phenoxy) is 1. The van der Waals surface area contributed by atoms with Gasteiger partial charge in [-0.3, -0.25) is 0 Å². The summed E-state index contributed by atoms with van der Waals surface area (Å²) in [5.41, 5.74) is 0.925. The molecule has 4 heteroatoms. The molecule has 0 heterocycles. The van der Waals surface area contributed by atoms with Crippen LogP contribution in [0.15, 0.2) is 22.7 Å². The van der Waals surface area contributed by atoms with Gasteiger partial charge in [-0.15, -0.1) is 0 Å². The minimum absolute atomic E-state index is 0.268. The van der Waals surface area contributed by atoms with Gasteiger partial charge in [-0.2, -0.15) is 5.26 Å². The molecule has 1 aromatic rings. The lowest BCUT2D eigenvalue weighted by atomic mass is 9.90. The Morgan fingerprint density at radius 2 is 2.10 bits per heavy atom. The number of benzene rings is 1. The van der Waals surface area contributed by atoms with Crippen LogP contribution in [0, 0.1) is 16.7 Å². The zero-order chi connectivity index (χ0) is 15.9. The second-order valence-electron chi connectivity index (χ2n) is 6.24. The van der Waals surface area contributed by atoms with Crippen molar-refractivity contribution in [3.8, 4) is 11.8 Å². The maximum Gasteiger partial charge on any atom is 0.119 e. The Balaban J connectivity index is 2.49. The van der Waals surface area contributed by atoms with Crippen LogP contribution in [-0.2, 0) is 6.54 Å². The summed E-state index contributed by atoms with van der Waals surface area (Å²) in [6.45, 7) is 9.64. The van der Waals surface area contributed by atoms with Gasteiger partial charge >= 0.3 is 0 Å². The Morgan fingerprint density at radius 1 is 1.38 bits per heavy atom. The number of nitriles is 1. The van der Waals surface area contributed by atoms with Crippen LogP contribution in [0.4, 0.5) is 0 Å². The molecule has 3 nitrogen and oxygen atoms in total. The minimum atomic E-state index is -0.268. The molecule has 0 saturated heterocycles. The summed E-state index contributed by atoms with van der Waals surface area (Å²) in [7, 11) is 0. The second kappa shape index (κ2) is 8.41. The first-order chi connectivity index (χ1) is 9.84. The molecule has 1 N–H and O–H groups in total. The predicted octanol–water partition coefficient (Wildman–Crippen LogP) is 4.66. The van der Waals surface area contributed by atoms with Crippen molar-refractivity contribution in [1.29, 1.82) is 5.26 Å². The fraction of sp³-hybridized carbons (Fsp3) is 0.588. The van der Waals surface area contributed by atoms with E-state index in [2.05, 4.69) is 47.2 Å². The Labute approximate surface area is 136 Å². The average molecular weight is 353 g/mol. The molecule has 21 heavy (non-hydrogen) atoms. The lowest BCUT2D eigenvalue weighted by Gasteiger charge is -2.15. The summed E-state index contributed by atoms with van der Waals surface area (Å²) in [6.07, 6.45) is 1.73. The van der Waals surface area contributed by atoms with E-state index >= 15 is 0 Å². The molecular weight excluding hydrogens is 328 g/mol. The van der Waals surface area contributed by atoms with Gasteiger partial charge < -0.3 is 10.1 Å². The van der Waals surface area contributed by atoms with Gasteiger partial charge in [-0.05, 0) is 50.5 Å². The fourth-order valence-corrected chi connectivity index (χ4v) is 2.24. The van der Waals surface area contributed by atoms with Crippen LogP contribution >= 0.6 is 15.9 Å². The fourth-order valence-electron chi connectivity index (χ4n) is 1.85. The molecule has 0 aromatic heterocycles. The van der Waals surface area contributed by atoms with Gasteiger partial charge in [0.15, 0.2) is 0 Å². The van der Waals surface area contributed by atoms with Crippen molar-refractivity contribution in [1.82, 2.24) is 5.32 Å². The summed E-state index contributed by atoms with van der Waals surface area (Å²) >= 11 is 3.57. The third kappa shape index (κ3) is 6.97. The van der Waals surface area contributed by atoms with Crippen molar-refractivity contribution in [2.45, 2.75) is 53.1 Å². The summed E-state index contributed by atoms with van der Waals surface area (Å²) in [5, 5.41) is 12.4. The van der Waals surface area contributed by atoms with Crippen LogP contribution in [0.25, 0.3) is 0 Å². The maximum absolute atomic E-state index is 8.98. The highest BCUT2D eigenvalue weighted by Crippen LogP contribution is 2.24. The quantitative estimate of drug-likeness (QED) is 0.692. The van der Waals surface area contributed by atoms with E-state index in [1.807, 2.05) is 26.0 Å².